The van der Waals surface area contributed by atoms with E-state index in [-0.39, 0.29) is 27.1 Å². The third-order valence-corrected chi connectivity index (χ3v) is 5.07. The van der Waals surface area contributed by atoms with Gasteiger partial charge in [0.2, 0.25) is 11.7 Å². The van der Waals surface area contributed by atoms with Crippen LogP contribution in [0.25, 0.3) is 0 Å². The molecule has 1 atom stereocenters. The van der Waals surface area contributed by atoms with Crippen molar-refractivity contribution in [3.05, 3.63) is 80.8 Å². The number of anilines is 1. The quantitative estimate of drug-likeness (QED) is 0.224. The van der Waals surface area contributed by atoms with Gasteiger partial charge in [-0.2, -0.15) is 9.65 Å². The summed E-state index contributed by atoms with van der Waals surface area (Å²) in [6.45, 7) is 0. The molecule has 0 saturated heterocycles. The number of hydrogen-bond donors (Lipinski definition) is 3. The lowest BCUT2D eigenvalue weighted by molar-refractivity contribution is -0.111. The molecule has 3 aromatic rings. The van der Waals surface area contributed by atoms with Crippen LogP contribution < -0.4 is 26.4 Å². The standard InChI is InChI=1S/C21H16Cl2FN5O2/c1-30-13-5-10(8-25)4-11(6-13)19(27)14-7-12(2-3-16(14)26)31-21(28)17-15(22)9-29-20(24)18(17)23/h2-7,9,21,27H,26,28H2,1H3/p+1/t21-/m0/s1. The summed E-state index contributed by atoms with van der Waals surface area (Å²) >= 11 is 12.0. The van der Waals surface area contributed by atoms with Crippen LogP contribution in [0.4, 0.5) is 10.1 Å². The zero-order chi connectivity index (χ0) is 22.7. The number of halogens is 3. The lowest BCUT2D eigenvalue weighted by Crippen LogP contribution is -2.41. The summed E-state index contributed by atoms with van der Waals surface area (Å²) in [5.74, 6) is -0.164. The Morgan fingerprint density at radius 1 is 1.23 bits per heavy atom. The lowest BCUT2D eigenvalue weighted by Gasteiger charge is -2.18. The molecule has 0 radical (unpaired) electrons. The van der Waals surface area contributed by atoms with Gasteiger partial charge in [-0.1, -0.05) is 23.2 Å². The number of aromatic nitrogens is 1. The van der Waals surface area contributed by atoms with E-state index in [4.69, 9.17) is 49.6 Å². The first-order valence-electron chi connectivity index (χ1n) is 8.78. The first-order chi connectivity index (χ1) is 14.7. The molecule has 158 valence electrons. The summed E-state index contributed by atoms with van der Waals surface area (Å²) in [6, 6.07) is 11.6. The Hall–Kier alpha value is -3.38. The number of methoxy groups -OCH3 is 1. The van der Waals surface area contributed by atoms with Crippen molar-refractivity contribution in [3.8, 4) is 17.6 Å². The van der Waals surface area contributed by atoms with E-state index in [1.807, 2.05) is 0 Å². The maximum atomic E-state index is 13.7. The van der Waals surface area contributed by atoms with Crippen LogP contribution in [0.3, 0.4) is 0 Å². The highest BCUT2D eigenvalue weighted by Gasteiger charge is 2.22. The van der Waals surface area contributed by atoms with Crippen molar-refractivity contribution in [1.82, 2.24) is 4.98 Å². The molecule has 0 amide bonds. The Kier molecular flexibility index (Phi) is 6.61. The maximum Gasteiger partial charge on any atom is 0.232 e. The normalized spacial score (nSPS) is 11.5. The van der Waals surface area contributed by atoms with Crippen molar-refractivity contribution < 1.29 is 19.3 Å². The summed E-state index contributed by atoms with van der Waals surface area (Å²) in [6.07, 6.45) is -0.0888. The van der Waals surface area contributed by atoms with Crippen LogP contribution in [0.5, 0.6) is 11.5 Å². The first-order valence-corrected chi connectivity index (χ1v) is 9.54. The van der Waals surface area contributed by atoms with Crippen LogP contribution >= 0.6 is 23.2 Å². The molecule has 10 heteroatoms. The molecule has 6 N–H and O–H groups in total. The molecular formula is C21H17Cl2FN5O2+. The number of benzene rings is 2. The average Bonchev–Trinajstić information content (AvgIpc) is 2.77. The van der Waals surface area contributed by atoms with Crippen molar-refractivity contribution in [2.24, 2.45) is 5.73 Å². The van der Waals surface area contributed by atoms with E-state index in [1.54, 1.807) is 36.4 Å². The Bertz CT molecular complexity index is 1210. The number of rotatable bonds is 6. The number of pyridine rings is 1. The predicted molar refractivity (Wildman–Crippen MR) is 115 cm³/mol. The lowest BCUT2D eigenvalue weighted by atomic mass is 9.98. The van der Waals surface area contributed by atoms with Gasteiger partial charge in [0.1, 0.15) is 16.5 Å². The first kappa shape index (κ1) is 22.3. The molecule has 0 saturated carbocycles. The van der Waals surface area contributed by atoms with Gasteiger partial charge in [0, 0.05) is 11.9 Å². The van der Waals surface area contributed by atoms with Gasteiger partial charge in [-0.15, -0.1) is 0 Å². The van der Waals surface area contributed by atoms with E-state index >= 15 is 0 Å². The van der Waals surface area contributed by atoms with E-state index in [9.17, 15) is 9.65 Å². The molecule has 3 rings (SSSR count). The van der Waals surface area contributed by atoms with Gasteiger partial charge >= 0.3 is 0 Å². The molecule has 31 heavy (non-hydrogen) atoms. The molecule has 0 unspecified atom stereocenters. The zero-order valence-corrected chi connectivity index (χ0v) is 17.7. The van der Waals surface area contributed by atoms with Crippen LogP contribution in [-0.4, -0.2) is 17.8 Å². The minimum absolute atomic E-state index is 0.0533. The molecule has 0 fully saturated rings. The fraction of sp³-hybridized carbons (Fsp3) is 0.0952. The van der Waals surface area contributed by atoms with Gasteiger partial charge in [-0.05, 0) is 36.4 Å². The number of ether oxygens (including phenoxy) is 2. The SMILES string of the molecule is COc1cc(C#N)cc(C(=[NH2+])c2cc(O[C@H](N)c3c(Cl)cnc(F)c3Cl)ccc2N)c1. The smallest absolute Gasteiger partial charge is 0.232 e. The molecule has 2 aromatic carbocycles. The van der Waals surface area contributed by atoms with Crippen molar-refractivity contribution in [3.63, 3.8) is 0 Å². The largest absolute Gasteiger partial charge is 0.497 e. The van der Waals surface area contributed by atoms with Gasteiger partial charge in [0.05, 0.1) is 40.5 Å². The molecule has 0 aliphatic carbocycles. The highest BCUT2D eigenvalue weighted by molar-refractivity contribution is 6.35. The Morgan fingerprint density at radius 2 is 1.97 bits per heavy atom. The van der Waals surface area contributed by atoms with Gasteiger partial charge in [-0.25, -0.2) is 4.98 Å². The summed E-state index contributed by atoms with van der Waals surface area (Å²) in [4.78, 5) is 3.43. The second kappa shape index (κ2) is 9.18. The molecule has 1 heterocycles. The molecule has 0 aliphatic rings. The number of hydrogen-bond acceptors (Lipinski definition) is 6. The summed E-state index contributed by atoms with van der Waals surface area (Å²) < 4.78 is 24.6. The van der Waals surface area contributed by atoms with Gasteiger partial charge in [0.25, 0.3) is 0 Å². The van der Waals surface area contributed by atoms with Crippen LogP contribution in [0.1, 0.15) is 28.5 Å². The van der Waals surface area contributed by atoms with Gasteiger partial charge in [-0.3, -0.25) is 11.1 Å². The maximum absolute atomic E-state index is 13.7. The third-order valence-electron chi connectivity index (χ3n) is 4.41. The Balaban J connectivity index is 1.95. The van der Waals surface area contributed by atoms with Gasteiger partial charge < -0.3 is 15.2 Å². The van der Waals surface area contributed by atoms with Crippen molar-refractivity contribution >= 4 is 34.6 Å². The zero-order valence-electron chi connectivity index (χ0n) is 16.2. The van der Waals surface area contributed by atoms with Crippen molar-refractivity contribution in [2.45, 2.75) is 6.23 Å². The van der Waals surface area contributed by atoms with E-state index in [0.717, 1.165) is 6.20 Å². The fourth-order valence-corrected chi connectivity index (χ4v) is 3.41. The highest BCUT2D eigenvalue weighted by atomic mass is 35.5. The van der Waals surface area contributed by atoms with Gasteiger partial charge in [0.15, 0.2) is 6.23 Å². The van der Waals surface area contributed by atoms with Crippen LogP contribution in [0.15, 0.2) is 42.6 Å². The molecular weight excluding hydrogens is 444 g/mol. The van der Waals surface area contributed by atoms with Crippen LogP contribution in [0.2, 0.25) is 10.0 Å². The minimum Gasteiger partial charge on any atom is -0.497 e. The Labute approximate surface area is 187 Å². The molecule has 1 aromatic heterocycles. The van der Waals surface area contributed by atoms with Crippen LogP contribution in [0, 0.1) is 17.3 Å². The second-order valence-electron chi connectivity index (χ2n) is 6.39. The summed E-state index contributed by atoms with van der Waals surface area (Å²) in [7, 11) is 1.48. The topological polar surface area (TPSA) is 133 Å². The summed E-state index contributed by atoms with van der Waals surface area (Å²) in [5.41, 5.74) is 14.2. The predicted octanol–water partition coefficient (Wildman–Crippen LogP) is 2.62. The Morgan fingerprint density at radius 3 is 2.65 bits per heavy atom. The number of nitrogens with zero attached hydrogens (tertiary/aromatic N) is 2. The number of nitriles is 1. The summed E-state index contributed by atoms with van der Waals surface area (Å²) in [5, 5.41) is 15.3. The monoisotopic (exact) mass is 460 g/mol. The van der Waals surface area contributed by atoms with E-state index in [0.29, 0.717) is 28.1 Å². The number of nitrogens with two attached hydrogens (primary N) is 3. The van der Waals surface area contributed by atoms with Crippen molar-refractivity contribution in [2.75, 3.05) is 12.8 Å². The second-order valence-corrected chi connectivity index (χ2v) is 7.17. The molecule has 0 bridgehead atoms. The average molecular weight is 461 g/mol. The highest BCUT2D eigenvalue weighted by Crippen LogP contribution is 2.32. The van der Waals surface area contributed by atoms with E-state index in [1.165, 1.54) is 7.11 Å². The number of nitrogen functional groups attached to an aromatic ring is 1. The third kappa shape index (κ3) is 4.70. The van der Waals surface area contributed by atoms with Crippen molar-refractivity contribution in [1.29, 1.82) is 5.26 Å². The van der Waals surface area contributed by atoms with Crippen LogP contribution in [-0.2, 0) is 0 Å². The minimum atomic E-state index is -1.18. The fourth-order valence-electron chi connectivity index (χ4n) is 2.86. The molecule has 7 nitrogen and oxygen atoms in total. The molecule has 0 aliphatic heterocycles. The molecule has 0 spiro atoms. The van der Waals surface area contributed by atoms with E-state index < -0.39 is 12.2 Å². The van der Waals surface area contributed by atoms with E-state index in [2.05, 4.69) is 11.1 Å².